The van der Waals surface area contributed by atoms with Gasteiger partial charge >= 0.3 is 0 Å². The minimum Gasteiger partial charge on any atom is -0.503 e. The molecule has 0 aliphatic heterocycles. The van der Waals surface area contributed by atoms with Gasteiger partial charge in [0.25, 0.3) is 11.6 Å². The van der Waals surface area contributed by atoms with Crippen molar-refractivity contribution in [3.8, 4) is 22.6 Å². The molecule has 2 aromatic heterocycles. The number of phenols is 1. The van der Waals surface area contributed by atoms with Crippen LogP contribution in [0.25, 0.3) is 21.3 Å². The second-order valence-corrected chi connectivity index (χ2v) is 11.2. The number of phenolic OH excluding ortho intramolecular Hbond substituents is 1. The van der Waals surface area contributed by atoms with Crippen LogP contribution in [0.5, 0.6) is 11.5 Å². The van der Waals surface area contributed by atoms with Gasteiger partial charge in [-0.05, 0) is 92.4 Å². The van der Waals surface area contributed by atoms with E-state index in [1.165, 1.54) is 36.6 Å². The maximum Gasteiger partial charge on any atom is 0.270 e. The molecular weight excluding hydrogens is 628 g/mol. The minimum atomic E-state index is -0.508. The number of ether oxygens (including phenoxy) is 1. The largest absolute Gasteiger partial charge is 0.503 e. The number of hydrogen-bond acceptors (Lipinski definition) is 8. The first-order chi connectivity index (χ1) is 17.7. The van der Waals surface area contributed by atoms with E-state index in [0.717, 1.165) is 48.1 Å². The highest BCUT2D eigenvalue weighted by Crippen LogP contribution is 2.47. The van der Waals surface area contributed by atoms with Gasteiger partial charge < -0.3 is 20.9 Å². The first-order valence-corrected chi connectivity index (χ1v) is 13.7. The van der Waals surface area contributed by atoms with Crippen molar-refractivity contribution in [1.82, 2.24) is 4.98 Å². The number of aryl methyl sites for hydroxylation is 1. The molecule has 1 aliphatic rings. The monoisotopic (exact) mass is 646 g/mol. The Morgan fingerprint density at radius 2 is 1.97 bits per heavy atom. The molecule has 9 nitrogen and oxygen atoms in total. The topological polar surface area (TPSA) is 141 Å². The Bertz CT molecular complexity index is 1600. The smallest absolute Gasteiger partial charge is 0.270 e. The lowest BCUT2D eigenvalue weighted by molar-refractivity contribution is -0.384. The number of nitro benzene ring substituents is 1. The van der Waals surface area contributed by atoms with Crippen LogP contribution in [0, 0.1) is 10.1 Å². The van der Waals surface area contributed by atoms with Crippen LogP contribution in [0.1, 0.15) is 33.8 Å². The highest BCUT2D eigenvalue weighted by molar-refractivity contribution is 9.11. The number of nitrogen functional groups attached to an aromatic ring is 1. The highest BCUT2D eigenvalue weighted by Gasteiger charge is 2.27. The summed E-state index contributed by atoms with van der Waals surface area (Å²) >= 11 is 7.90. The van der Waals surface area contributed by atoms with Crippen molar-refractivity contribution in [3.05, 3.63) is 65.5 Å². The summed E-state index contributed by atoms with van der Waals surface area (Å²) in [5.41, 5.74) is 10.9. The van der Waals surface area contributed by atoms with Crippen LogP contribution in [0.3, 0.4) is 0 Å². The summed E-state index contributed by atoms with van der Waals surface area (Å²) in [5.74, 6) is -0.130. The maximum atomic E-state index is 13.3. The van der Waals surface area contributed by atoms with Crippen LogP contribution in [0.15, 0.2) is 39.3 Å². The van der Waals surface area contributed by atoms with Gasteiger partial charge in [0.2, 0.25) is 0 Å². The number of thiophene rings is 1. The van der Waals surface area contributed by atoms with Crippen molar-refractivity contribution in [2.45, 2.75) is 25.7 Å². The minimum absolute atomic E-state index is 0.00236. The molecule has 1 aliphatic carbocycles. The lowest BCUT2D eigenvalue weighted by Gasteiger charge is -2.21. The molecule has 0 spiro atoms. The van der Waals surface area contributed by atoms with Crippen molar-refractivity contribution in [2.75, 3.05) is 18.2 Å². The zero-order chi connectivity index (χ0) is 26.4. The number of aromatic hydroxyl groups is 1. The molecule has 37 heavy (non-hydrogen) atoms. The number of anilines is 2. The molecule has 190 valence electrons. The Morgan fingerprint density at radius 3 is 2.68 bits per heavy atom. The first kappa shape index (κ1) is 25.4. The van der Waals surface area contributed by atoms with E-state index in [2.05, 4.69) is 37.2 Å². The van der Waals surface area contributed by atoms with Gasteiger partial charge in [0.15, 0.2) is 11.5 Å². The predicted molar refractivity (Wildman–Crippen MR) is 151 cm³/mol. The molecule has 0 saturated carbocycles. The van der Waals surface area contributed by atoms with Gasteiger partial charge in [0.05, 0.1) is 27.9 Å². The van der Waals surface area contributed by atoms with E-state index in [-0.39, 0.29) is 11.4 Å². The van der Waals surface area contributed by atoms with E-state index in [4.69, 9.17) is 15.5 Å². The van der Waals surface area contributed by atoms with Crippen molar-refractivity contribution >= 4 is 76.4 Å². The predicted octanol–water partition coefficient (Wildman–Crippen LogP) is 6.82. The molecule has 5 rings (SSSR count). The fourth-order valence-corrected chi connectivity index (χ4v) is 6.49. The molecule has 4 N–H and O–H groups in total. The van der Waals surface area contributed by atoms with Crippen molar-refractivity contribution in [3.63, 3.8) is 0 Å². The Labute approximate surface area is 232 Å². The van der Waals surface area contributed by atoms with E-state index in [1.807, 2.05) is 6.07 Å². The van der Waals surface area contributed by atoms with Gasteiger partial charge in [-0.25, -0.2) is 4.98 Å². The summed E-state index contributed by atoms with van der Waals surface area (Å²) in [7, 11) is 1.49. The van der Waals surface area contributed by atoms with Crippen molar-refractivity contribution in [2.24, 2.45) is 0 Å². The number of nitrogens with one attached hydrogen (secondary N) is 1. The van der Waals surface area contributed by atoms with Gasteiger partial charge in [-0.3, -0.25) is 14.9 Å². The number of non-ortho nitro benzene ring substituents is 1. The van der Waals surface area contributed by atoms with Gasteiger partial charge in [0, 0.05) is 27.7 Å². The summed E-state index contributed by atoms with van der Waals surface area (Å²) < 4.78 is 6.24. The molecule has 0 atom stereocenters. The maximum absolute atomic E-state index is 13.3. The SMILES string of the molecule is COc1cc(-c2c3c(nc4sc(C(=O)Nc5ccc([N+](=O)[O-])cc5Br)c(N)c24)CCCC3)cc(Br)c1O. The Kier molecular flexibility index (Phi) is 6.82. The number of nitrogens with zero attached hydrogens (tertiary/aromatic N) is 2. The third-order valence-corrected chi connectivity index (χ3v) is 8.67. The van der Waals surface area contributed by atoms with Gasteiger partial charge in [-0.2, -0.15) is 0 Å². The number of hydrogen-bond donors (Lipinski definition) is 3. The fourth-order valence-electron chi connectivity index (χ4n) is 4.57. The molecular formula is C25H20Br2N4O5S. The Hall–Kier alpha value is -3.22. The number of rotatable bonds is 5. The van der Waals surface area contributed by atoms with Crippen LogP contribution in [-0.4, -0.2) is 28.0 Å². The second kappa shape index (κ2) is 9.92. The molecule has 2 heterocycles. The number of aromatic nitrogens is 1. The molecule has 4 aromatic rings. The number of benzene rings is 2. The zero-order valence-electron chi connectivity index (χ0n) is 19.4. The summed E-state index contributed by atoms with van der Waals surface area (Å²) in [6.07, 6.45) is 3.68. The van der Waals surface area contributed by atoms with Crippen LogP contribution >= 0.6 is 43.2 Å². The van der Waals surface area contributed by atoms with Gasteiger partial charge in [-0.1, -0.05) is 0 Å². The van der Waals surface area contributed by atoms with Crippen molar-refractivity contribution < 1.29 is 19.6 Å². The van der Waals surface area contributed by atoms with Crippen LogP contribution in [0.2, 0.25) is 0 Å². The first-order valence-electron chi connectivity index (χ1n) is 11.3. The van der Waals surface area contributed by atoms with Crippen LogP contribution < -0.4 is 15.8 Å². The summed E-state index contributed by atoms with van der Waals surface area (Å²) in [5, 5.41) is 24.9. The quantitative estimate of drug-likeness (QED) is 0.159. The Balaban J connectivity index is 1.66. The number of halogens is 2. The molecule has 12 heteroatoms. The second-order valence-electron chi connectivity index (χ2n) is 8.53. The lowest BCUT2D eigenvalue weighted by Crippen LogP contribution is -2.12. The van der Waals surface area contributed by atoms with Gasteiger partial charge in [0.1, 0.15) is 9.71 Å². The molecule has 0 fully saturated rings. The molecule has 0 radical (unpaired) electrons. The average molecular weight is 648 g/mol. The Morgan fingerprint density at radius 1 is 1.22 bits per heavy atom. The van der Waals surface area contributed by atoms with E-state index in [9.17, 15) is 20.0 Å². The highest BCUT2D eigenvalue weighted by atomic mass is 79.9. The summed E-state index contributed by atoms with van der Waals surface area (Å²) in [4.78, 5) is 29.7. The van der Waals surface area contributed by atoms with Gasteiger partial charge in [-0.15, -0.1) is 11.3 Å². The molecule has 2 aromatic carbocycles. The molecule has 0 saturated heterocycles. The number of fused-ring (bicyclic) bond motifs is 2. The fraction of sp³-hybridized carbons (Fsp3) is 0.200. The number of pyridine rings is 1. The molecule has 0 bridgehead atoms. The van der Waals surface area contributed by atoms with Crippen LogP contribution in [0.4, 0.5) is 17.1 Å². The number of nitro groups is 1. The lowest BCUT2D eigenvalue weighted by atomic mass is 9.87. The average Bonchev–Trinajstić information content (AvgIpc) is 3.21. The van der Waals surface area contributed by atoms with Crippen molar-refractivity contribution in [1.29, 1.82) is 0 Å². The molecule has 0 unspecified atom stereocenters. The molecule has 1 amide bonds. The van der Waals surface area contributed by atoms with E-state index >= 15 is 0 Å². The number of nitrogens with two attached hydrogens (primary N) is 1. The van der Waals surface area contributed by atoms with E-state index in [1.54, 1.807) is 6.07 Å². The third kappa shape index (κ3) is 4.53. The third-order valence-electron chi connectivity index (χ3n) is 6.31. The number of carbonyl (C=O) groups excluding carboxylic acids is 1. The summed E-state index contributed by atoms with van der Waals surface area (Å²) in [6, 6.07) is 7.68. The van der Waals surface area contributed by atoms with E-state index in [0.29, 0.717) is 41.2 Å². The summed E-state index contributed by atoms with van der Waals surface area (Å²) in [6.45, 7) is 0. The number of carbonyl (C=O) groups is 1. The standard InChI is InChI=1S/C25H20Br2N4O5S/c1-36-18-9-11(8-15(27)22(18)32)19-13-4-2-3-5-16(13)30-25-20(19)21(28)23(37-25)24(33)29-17-7-6-12(31(34)35)10-14(17)26/h6-10,32H,2-5,28H2,1H3,(H,29,33). The van der Waals surface area contributed by atoms with Crippen LogP contribution in [-0.2, 0) is 12.8 Å². The number of amides is 1. The van der Waals surface area contributed by atoms with E-state index < -0.39 is 10.8 Å². The number of methoxy groups -OCH3 is 1. The zero-order valence-corrected chi connectivity index (χ0v) is 23.4. The normalized spacial score (nSPS) is 12.8.